The van der Waals surface area contributed by atoms with Crippen molar-refractivity contribution >= 4 is 6.03 Å². The van der Waals surface area contributed by atoms with Crippen molar-refractivity contribution < 1.29 is 4.79 Å². The highest BCUT2D eigenvalue weighted by Gasteiger charge is 2.41. The van der Waals surface area contributed by atoms with Crippen LogP contribution < -0.4 is 5.32 Å². The molecule has 0 bridgehead atoms. The topological polar surface area (TPSA) is 50.2 Å². The Morgan fingerprint density at radius 1 is 1.28 bits per heavy atom. The Morgan fingerprint density at radius 3 is 2.76 bits per heavy atom. The molecule has 1 N–H and O–H groups in total. The molecule has 1 heterocycles. The van der Waals surface area contributed by atoms with Crippen LogP contribution >= 0.6 is 0 Å². The first-order chi connectivity index (χ1) is 12.2. The van der Waals surface area contributed by atoms with Crippen LogP contribution in [0.2, 0.25) is 0 Å². The standard InChI is InChI=1S/C20H26N4O/c1-15(18-6-7-18)24(19-8-9-19)20(25)21-13-16-4-2-5-17(12-16)14-23-11-3-10-22-23/h2-5,10-12,15,18-19H,6-9,13-14H2,1H3,(H,21,25)/t15-/m0/s1. The zero-order chi connectivity index (χ0) is 17.2. The fourth-order valence-electron chi connectivity index (χ4n) is 3.53. The molecule has 25 heavy (non-hydrogen) atoms. The average molecular weight is 338 g/mol. The van der Waals surface area contributed by atoms with E-state index in [0.29, 0.717) is 24.5 Å². The van der Waals surface area contributed by atoms with Crippen LogP contribution in [0, 0.1) is 5.92 Å². The van der Waals surface area contributed by atoms with Crippen molar-refractivity contribution in [1.29, 1.82) is 0 Å². The van der Waals surface area contributed by atoms with Crippen molar-refractivity contribution in [3.05, 3.63) is 53.9 Å². The van der Waals surface area contributed by atoms with Gasteiger partial charge in [0.25, 0.3) is 0 Å². The number of hydrogen-bond acceptors (Lipinski definition) is 2. The predicted octanol–water partition coefficient (Wildman–Crippen LogP) is 3.40. The molecule has 2 aliphatic rings. The minimum Gasteiger partial charge on any atom is -0.334 e. The maximum absolute atomic E-state index is 12.7. The molecule has 1 aromatic heterocycles. The van der Waals surface area contributed by atoms with Gasteiger partial charge in [0, 0.05) is 31.0 Å². The van der Waals surface area contributed by atoms with Gasteiger partial charge >= 0.3 is 6.03 Å². The Balaban J connectivity index is 1.36. The molecule has 2 aliphatic carbocycles. The van der Waals surface area contributed by atoms with Gasteiger partial charge in [0.15, 0.2) is 0 Å². The Bertz CT molecular complexity index is 719. The van der Waals surface area contributed by atoms with Crippen LogP contribution in [0.4, 0.5) is 4.79 Å². The third-order valence-corrected chi connectivity index (χ3v) is 5.26. The van der Waals surface area contributed by atoms with Gasteiger partial charge in [0.2, 0.25) is 0 Å². The van der Waals surface area contributed by atoms with Crippen molar-refractivity contribution in [2.24, 2.45) is 5.92 Å². The smallest absolute Gasteiger partial charge is 0.318 e. The lowest BCUT2D eigenvalue weighted by molar-refractivity contribution is 0.166. The van der Waals surface area contributed by atoms with Crippen molar-refractivity contribution in [2.45, 2.75) is 57.8 Å². The minimum absolute atomic E-state index is 0.0966. The van der Waals surface area contributed by atoms with Gasteiger partial charge in [-0.05, 0) is 55.7 Å². The number of hydrogen-bond donors (Lipinski definition) is 1. The number of nitrogens with one attached hydrogen (secondary N) is 1. The molecule has 132 valence electrons. The summed E-state index contributed by atoms with van der Waals surface area (Å²) in [6, 6.07) is 11.2. The molecule has 4 rings (SSSR count). The van der Waals surface area contributed by atoms with E-state index in [1.807, 2.05) is 23.0 Å². The second-order valence-electron chi connectivity index (χ2n) is 7.40. The molecular weight excluding hydrogens is 312 g/mol. The number of aromatic nitrogens is 2. The second-order valence-corrected chi connectivity index (χ2v) is 7.40. The number of carbonyl (C=O) groups excluding carboxylic acids is 1. The molecule has 5 heteroatoms. The van der Waals surface area contributed by atoms with Crippen LogP contribution in [0.25, 0.3) is 0 Å². The first-order valence-electron chi connectivity index (χ1n) is 9.32. The van der Waals surface area contributed by atoms with E-state index in [1.165, 1.54) is 18.4 Å². The number of carbonyl (C=O) groups is 1. The summed E-state index contributed by atoms with van der Waals surface area (Å²) < 4.78 is 1.91. The number of nitrogens with zero attached hydrogens (tertiary/aromatic N) is 3. The predicted molar refractivity (Wildman–Crippen MR) is 97.1 cm³/mol. The minimum atomic E-state index is 0.0966. The number of benzene rings is 1. The fraction of sp³-hybridized carbons (Fsp3) is 0.500. The normalized spacial score (nSPS) is 18.0. The first kappa shape index (κ1) is 16.2. The maximum atomic E-state index is 12.7. The SMILES string of the molecule is C[C@@H](C1CC1)N(C(=O)NCc1cccc(Cn2cccn2)c1)C1CC1. The summed E-state index contributed by atoms with van der Waals surface area (Å²) in [6.45, 7) is 3.54. The van der Waals surface area contributed by atoms with E-state index in [-0.39, 0.29) is 6.03 Å². The molecule has 0 unspecified atom stereocenters. The van der Waals surface area contributed by atoms with Gasteiger partial charge in [-0.2, -0.15) is 5.10 Å². The lowest BCUT2D eigenvalue weighted by atomic mass is 10.1. The van der Waals surface area contributed by atoms with E-state index in [4.69, 9.17) is 0 Å². The molecule has 2 fully saturated rings. The number of rotatable bonds is 7. The molecule has 1 atom stereocenters. The van der Waals surface area contributed by atoms with E-state index < -0.39 is 0 Å². The molecule has 5 nitrogen and oxygen atoms in total. The van der Waals surface area contributed by atoms with Gasteiger partial charge in [-0.3, -0.25) is 4.68 Å². The summed E-state index contributed by atoms with van der Waals surface area (Å²) in [5, 5.41) is 7.38. The van der Waals surface area contributed by atoms with Crippen LogP contribution in [0.15, 0.2) is 42.7 Å². The van der Waals surface area contributed by atoms with Crippen LogP contribution in [0.1, 0.15) is 43.7 Å². The molecular formula is C20H26N4O. The Hall–Kier alpha value is -2.30. The zero-order valence-electron chi connectivity index (χ0n) is 14.8. The molecule has 0 aliphatic heterocycles. The average Bonchev–Trinajstić information content (AvgIpc) is 3.53. The van der Waals surface area contributed by atoms with Gasteiger partial charge in [0.05, 0.1) is 6.54 Å². The highest BCUT2D eigenvalue weighted by atomic mass is 16.2. The highest BCUT2D eigenvalue weighted by molar-refractivity contribution is 5.75. The summed E-state index contributed by atoms with van der Waals surface area (Å²) in [7, 11) is 0. The molecule has 0 spiro atoms. The van der Waals surface area contributed by atoms with Crippen molar-refractivity contribution in [3.8, 4) is 0 Å². The third-order valence-electron chi connectivity index (χ3n) is 5.26. The lowest BCUT2D eigenvalue weighted by Gasteiger charge is -2.29. The van der Waals surface area contributed by atoms with E-state index in [1.54, 1.807) is 6.20 Å². The molecule has 2 amide bonds. The van der Waals surface area contributed by atoms with Crippen molar-refractivity contribution in [1.82, 2.24) is 20.0 Å². The van der Waals surface area contributed by atoms with Crippen molar-refractivity contribution in [3.63, 3.8) is 0 Å². The summed E-state index contributed by atoms with van der Waals surface area (Å²) in [4.78, 5) is 14.8. The molecule has 1 aromatic carbocycles. The fourth-order valence-corrected chi connectivity index (χ4v) is 3.53. The molecule has 0 radical (unpaired) electrons. The number of amides is 2. The Labute approximate surface area is 149 Å². The first-order valence-corrected chi connectivity index (χ1v) is 9.32. The summed E-state index contributed by atoms with van der Waals surface area (Å²) >= 11 is 0. The summed E-state index contributed by atoms with van der Waals surface area (Å²) in [6.07, 6.45) is 8.60. The van der Waals surface area contributed by atoms with Gasteiger partial charge in [-0.1, -0.05) is 24.3 Å². The Morgan fingerprint density at radius 2 is 2.08 bits per heavy atom. The van der Waals surface area contributed by atoms with E-state index in [9.17, 15) is 4.79 Å². The third kappa shape index (κ3) is 4.03. The Kier molecular flexibility index (Phi) is 4.47. The summed E-state index contributed by atoms with van der Waals surface area (Å²) in [5.74, 6) is 0.712. The molecule has 0 saturated heterocycles. The van der Waals surface area contributed by atoms with Gasteiger partial charge in [-0.15, -0.1) is 0 Å². The maximum Gasteiger partial charge on any atom is 0.318 e. The molecule has 2 saturated carbocycles. The van der Waals surface area contributed by atoms with E-state index >= 15 is 0 Å². The lowest BCUT2D eigenvalue weighted by Crippen LogP contribution is -2.47. The van der Waals surface area contributed by atoms with Gasteiger partial charge in [0.1, 0.15) is 0 Å². The van der Waals surface area contributed by atoms with Crippen LogP contribution in [-0.4, -0.2) is 32.8 Å². The van der Waals surface area contributed by atoms with Crippen molar-refractivity contribution in [2.75, 3.05) is 0 Å². The van der Waals surface area contributed by atoms with E-state index in [0.717, 1.165) is 24.9 Å². The second kappa shape index (κ2) is 6.90. The largest absolute Gasteiger partial charge is 0.334 e. The highest BCUT2D eigenvalue weighted by Crippen LogP contribution is 2.39. The quantitative estimate of drug-likeness (QED) is 0.841. The molecule has 2 aromatic rings. The number of urea groups is 1. The van der Waals surface area contributed by atoms with Gasteiger partial charge in [-0.25, -0.2) is 4.79 Å². The van der Waals surface area contributed by atoms with Crippen LogP contribution in [-0.2, 0) is 13.1 Å². The monoisotopic (exact) mass is 338 g/mol. The van der Waals surface area contributed by atoms with Crippen LogP contribution in [0.5, 0.6) is 0 Å². The summed E-state index contributed by atoms with van der Waals surface area (Å²) in [5.41, 5.74) is 2.33. The van der Waals surface area contributed by atoms with E-state index in [2.05, 4.69) is 40.4 Å². The van der Waals surface area contributed by atoms with Crippen LogP contribution in [0.3, 0.4) is 0 Å². The van der Waals surface area contributed by atoms with Gasteiger partial charge < -0.3 is 10.2 Å². The zero-order valence-corrected chi connectivity index (χ0v) is 14.8.